The maximum atomic E-state index is 13.8. The highest BCUT2D eigenvalue weighted by atomic mass is 19.4. The van der Waals surface area contributed by atoms with E-state index < -0.39 is 35.4 Å². The van der Waals surface area contributed by atoms with E-state index in [-0.39, 0.29) is 5.69 Å². The summed E-state index contributed by atoms with van der Waals surface area (Å²) in [6.45, 7) is 0.329. The Kier molecular flexibility index (Phi) is 5.34. The van der Waals surface area contributed by atoms with Crippen molar-refractivity contribution in [1.82, 2.24) is 4.90 Å². The zero-order chi connectivity index (χ0) is 19.6. The first kappa shape index (κ1) is 19.1. The predicted octanol–water partition coefficient (Wildman–Crippen LogP) is 5.74. The Bertz CT molecular complexity index is 837. The van der Waals surface area contributed by atoms with E-state index in [2.05, 4.69) is 5.32 Å². The zero-order valence-corrected chi connectivity index (χ0v) is 14.2. The highest BCUT2D eigenvalue weighted by molar-refractivity contribution is 5.89. The molecule has 1 atom stereocenters. The van der Waals surface area contributed by atoms with Crippen LogP contribution in [0.5, 0.6) is 0 Å². The van der Waals surface area contributed by atoms with E-state index in [1.165, 1.54) is 11.0 Å². The van der Waals surface area contributed by atoms with Crippen molar-refractivity contribution in [3.63, 3.8) is 0 Å². The molecule has 1 unspecified atom stereocenters. The fraction of sp³-hybridized carbons (Fsp3) is 0.316. The molecule has 8 heteroatoms. The van der Waals surface area contributed by atoms with Crippen LogP contribution in [0.15, 0.2) is 42.5 Å². The first-order chi connectivity index (χ1) is 12.8. The van der Waals surface area contributed by atoms with Gasteiger partial charge >= 0.3 is 12.2 Å². The van der Waals surface area contributed by atoms with Crippen LogP contribution in [0, 0.1) is 11.6 Å². The third-order valence-electron chi connectivity index (χ3n) is 4.54. The first-order valence-electron chi connectivity index (χ1n) is 8.45. The molecule has 0 spiro atoms. The van der Waals surface area contributed by atoms with E-state index in [9.17, 15) is 26.7 Å². The summed E-state index contributed by atoms with van der Waals surface area (Å²) < 4.78 is 65.8. The van der Waals surface area contributed by atoms with Crippen LogP contribution in [0.25, 0.3) is 0 Å². The average Bonchev–Trinajstić information content (AvgIpc) is 2.63. The molecule has 1 saturated heterocycles. The van der Waals surface area contributed by atoms with Crippen molar-refractivity contribution in [2.45, 2.75) is 31.5 Å². The minimum Gasteiger partial charge on any atom is -0.317 e. The topological polar surface area (TPSA) is 32.3 Å². The molecule has 3 nitrogen and oxygen atoms in total. The van der Waals surface area contributed by atoms with Gasteiger partial charge in [-0.1, -0.05) is 12.1 Å². The Morgan fingerprint density at radius 1 is 1.07 bits per heavy atom. The van der Waals surface area contributed by atoms with Gasteiger partial charge in [-0.05, 0) is 49.1 Å². The summed E-state index contributed by atoms with van der Waals surface area (Å²) in [6.07, 6.45) is -2.53. The number of urea groups is 1. The van der Waals surface area contributed by atoms with Gasteiger partial charge in [0, 0.05) is 12.6 Å². The lowest BCUT2D eigenvalue weighted by molar-refractivity contribution is -0.137. The summed E-state index contributed by atoms with van der Waals surface area (Å²) in [4.78, 5) is 14.0. The number of carbonyl (C=O) groups is 1. The third kappa shape index (κ3) is 4.37. The monoisotopic (exact) mass is 384 g/mol. The van der Waals surface area contributed by atoms with Crippen LogP contribution in [0.1, 0.15) is 36.4 Å². The summed E-state index contributed by atoms with van der Waals surface area (Å²) in [6, 6.07) is 6.44. The number of nitrogens with zero attached hydrogens (tertiary/aromatic N) is 1. The quantitative estimate of drug-likeness (QED) is 0.658. The molecule has 0 bridgehead atoms. The molecule has 0 aliphatic carbocycles. The number of benzene rings is 2. The van der Waals surface area contributed by atoms with Gasteiger partial charge in [0.15, 0.2) is 0 Å². The Morgan fingerprint density at radius 3 is 2.56 bits per heavy atom. The van der Waals surface area contributed by atoms with Gasteiger partial charge in [-0.25, -0.2) is 13.6 Å². The van der Waals surface area contributed by atoms with Gasteiger partial charge in [0.05, 0.1) is 17.3 Å². The molecular formula is C19H17F5N2O. The Labute approximate surface area is 152 Å². The SMILES string of the molecule is O=C(Nc1ccc(F)cc1F)N1CCCCC1c1cccc(C(F)(F)F)c1. The van der Waals surface area contributed by atoms with Gasteiger partial charge in [0.2, 0.25) is 0 Å². The maximum absolute atomic E-state index is 13.8. The lowest BCUT2D eigenvalue weighted by Gasteiger charge is -2.36. The lowest BCUT2D eigenvalue weighted by atomic mass is 9.94. The number of anilines is 1. The summed E-state index contributed by atoms with van der Waals surface area (Å²) in [5.74, 6) is -1.69. The van der Waals surface area contributed by atoms with Crippen molar-refractivity contribution >= 4 is 11.7 Å². The van der Waals surface area contributed by atoms with E-state index in [1.807, 2.05) is 0 Å². The van der Waals surface area contributed by atoms with Crippen LogP contribution < -0.4 is 5.32 Å². The number of carbonyl (C=O) groups excluding carboxylic acids is 1. The molecule has 1 N–H and O–H groups in total. The molecule has 2 aromatic rings. The number of rotatable bonds is 2. The van der Waals surface area contributed by atoms with Crippen molar-refractivity contribution in [3.8, 4) is 0 Å². The van der Waals surface area contributed by atoms with Crippen LogP contribution in [0.3, 0.4) is 0 Å². The highest BCUT2D eigenvalue weighted by Crippen LogP contribution is 2.35. The van der Waals surface area contributed by atoms with Gasteiger partial charge < -0.3 is 10.2 Å². The standard InChI is InChI=1S/C19H17F5N2O/c20-14-7-8-16(15(21)11-14)25-18(27)26-9-2-1-6-17(26)12-4-3-5-13(10-12)19(22,23)24/h3-5,7-8,10-11,17H,1-2,6,9H2,(H,25,27). The summed E-state index contributed by atoms with van der Waals surface area (Å²) >= 11 is 0. The second-order valence-corrected chi connectivity index (χ2v) is 6.38. The van der Waals surface area contributed by atoms with Crippen LogP contribution in [0.4, 0.5) is 32.4 Å². The van der Waals surface area contributed by atoms with Crippen molar-refractivity contribution in [3.05, 3.63) is 65.2 Å². The normalized spacial score (nSPS) is 17.7. The molecule has 1 aliphatic heterocycles. The Hall–Kier alpha value is -2.64. The number of likely N-dealkylation sites (tertiary alicyclic amines) is 1. The van der Waals surface area contributed by atoms with Gasteiger partial charge in [-0.15, -0.1) is 0 Å². The number of hydrogen-bond donors (Lipinski definition) is 1. The molecule has 1 heterocycles. The molecule has 2 aromatic carbocycles. The van der Waals surface area contributed by atoms with Crippen LogP contribution in [0.2, 0.25) is 0 Å². The van der Waals surface area contributed by atoms with E-state index in [0.29, 0.717) is 31.0 Å². The van der Waals surface area contributed by atoms with Crippen molar-refractivity contribution in [2.24, 2.45) is 0 Å². The largest absolute Gasteiger partial charge is 0.416 e. The van der Waals surface area contributed by atoms with E-state index in [4.69, 9.17) is 0 Å². The first-order valence-corrected chi connectivity index (χ1v) is 8.45. The number of hydrogen-bond acceptors (Lipinski definition) is 1. The van der Waals surface area contributed by atoms with Crippen molar-refractivity contribution in [2.75, 3.05) is 11.9 Å². The fourth-order valence-corrected chi connectivity index (χ4v) is 3.22. The lowest BCUT2D eigenvalue weighted by Crippen LogP contribution is -2.41. The average molecular weight is 384 g/mol. The molecule has 1 fully saturated rings. The molecule has 0 radical (unpaired) electrons. The number of halogens is 5. The fourth-order valence-electron chi connectivity index (χ4n) is 3.22. The van der Waals surface area contributed by atoms with Gasteiger partial charge in [0.1, 0.15) is 11.6 Å². The molecule has 3 rings (SSSR count). The molecule has 0 aromatic heterocycles. The maximum Gasteiger partial charge on any atom is 0.416 e. The minimum absolute atomic E-state index is 0.185. The number of nitrogens with one attached hydrogen (secondary N) is 1. The minimum atomic E-state index is -4.48. The van der Waals surface area contributed by atoms with E-state index in [0.717, 1.165) is 30.7 Å². The zero-order valence-electron chi connectivity index (χ0n) is 14.2. The van der Waals surface area contributed by atoms with Gasteiger partial charge in [0.25, 0.3) is 0 Å². The van der Waals surface area contributed by atoms with E-state index in [1.54, 1.807) is 6.07 Å². The summed E-state index contributed by atoms with van der Waals surface area (Å²) in [7, 11) is 0. The molecule has 144 valence electrons. The Morgan fingerprint density at radius 2 is 1.85 bits per heavy atom. The number of amides is 2. The predicted molar refractivity (Wildman–Crippen MR) is 90.1 cm³/mol. The third-order valence-corrected chi connectivity index (χ3v) is 4.54. The second kappa shape index (κ2) is 7.54. The van der Waals surface area contributed by atoms with Crippen molar-refractivity contribution < 1.29 is 26.7 Å². The molecule has 0 saturated carbocycles. The smallest absolute Gasteiger partial charge is 0.317 e. The molecule has 1 aliphatic rings. The Balaban J connectivity index is 1.84. The summed E-state index contributed by atoms with van der Waals surface area (Å²) in [5, 5.41) is 2.37. The highest BCUT2D eigenvalue weighted by Gasteiger charge is 2.33. The number of alkyl halides is 3. The van der Waals surface area contributed by atoms with Crippen molar-refractivity contribution in [1.29, 1.82) is 0 Å². The summed E-state index contributed by atoms with van der Waals surface area (Å²) in [5.41, 5.74) is -0.593. The van der Waals surface area contributed by atoms with Crippen LogP contribution in [-0.4, -0.2) is 17.5 Å². The molecular weight excluding hydrogens is 367 g/mol. The van der Waals surface area contributed by atoms with Crippen LogP contribution >= 0.6 is 0 Å². The molecule has 2 amide bonds. The van der Waals surface area contributed by atoms with Crippen LogP contribution in [-0.2, 0) is 6.18 Å². The van der Waals surface area contributed by atoms with Gasteiger partial charge in [-0.3, -0.25) is 0 Å². The number of piperidine rings is 1. The van der Waals surface area contributed by atoms with Gasteiger partial charge in [-0.2, -0.15) is 13.2 Å². The molecule has 27 heavy (non-hydrogen) atoms. The van der Waals surface area contributed by atoms with E-state index >= 15 is 0 Å². The second-order valence-electron chi connectivity index (χ2n) is 6.38.